The van der Waals surface area contributed by atoms with Crippen LogP contribution < -0.4 is 11.3 Å². The Hall–Kier alpha value is -3.15. The molecular formula is C16H13N3O3. The summed E-state index contributed by atoms with van der Waals surface area (Å²) in [5, 5.41) is 0.423. The number of anilines is 1. The summed E-state index contributed by atoms with van der Waals surface area (Å²) in [5.74, 6) is -0.537. The first-order chi connectivity index (χ1) is 10.6. The van der Waals surface area contributed by atoms with E-state index in [-0.39, 0.29) is 11.3 Å². The van der Waals surface area contributed by atoms with Gasteiger partial charge >= 0.3 is 5.97 Å². The van der Waals surface area contributed by atoms with Gasteiger partial charge in [-0.3, -0.25) is 9.36 Å². The van der Waals surface area contributed by atoms with Gasteiger partial charge in [0, 0.05) is 17.6 Å². The molecule has 1 aromatic carbocycles. The fourth-order valence-electron chi connectivity index (χ4n) is 2.18. The van der Waals surface area contributed by atoms with Crippen molar-refractivity contribution in [1.29, 1.82) is 0 Å². The van der Waals surface area contributed by atoms with Crippen LogP contribution in [-0.2, 0) is 4.74 Å². The minimum atomic E-state index is -0.537. The van der Waals surface area contributed by atoms with Crippen molar-refractivity contribution in [3.8, 4) is 5.69 Å². The van der Waals surface area contributed by atoms with E-state index in [1.807, 2.05) is 0 Å². The molecule has 0 unspecified atom stereocenters. The van der Waals surface area contributed by atoms with Gasteiger partial charge in [0.1, 0.15) is 5.69 Å². The predicted molar refractivity (Wildman–Crippen MR) is 83.1 cm³/mol. The van der Waals surface area contributed by atoms with Crippen LogP contribution in [0.2, 0.25) is 0 Å². The van der Waals surface area contributed by atoms with E-state index in [1.165, 1.54) is 17.7 Å². The smallest absolute Gasteiger partial charge is 0.356 e. The van der Waals surface area contributed by atoms with Crippen LogP contribution in [0.5, 0.6) is 0 Å². The number of pyridine rings is 2. The van der Waals surface area contributed by atoms with Crippen molar-refractivity contribution in [3.05, 3.63) is 64.7 Å². The standard InChI is InChI=1S/C16H13N3O3/c1-22-16(21)14-7-6-12-13(18-14)8-9-19(15(12)20)11-4-2-10(17)3-5-11/h2-9H,17H2,1H3. The minimum absolute atomic E-state index is 0.166. The first-order valence-electron chi connectivity index (χ1n) is 6.57. The number of methoxy groups -OCH3 is 1. The van der Waals surface area contributed by atoms with Gasteiger partial charge in [-0.25, -0.2) is 9.78 Å². The molecule has 6 heteroatoms. The highest BCUT2D eigenvalue weighted by molar-refractivity contribution is 5.90. The fraction of sp³-hybridized carbons (Fsp3) is 0.0625. The summed E-state index contributed by atoms with van der Waals surface area (Å²) in [5.41, 5.74) is 7.38. The zero-order valence-corrected chi connectivity index (χ0v) is 11.8. The molecule has 0 spiro atoms. The quantitative estimate of drug-likeness (QED) is 0.575. The minimum Gasteiger partial charge on any atom is -0.464 e. The third kappa shape index (κ3) is 2.31. The van der Waals surface area contributed by atoms with E-state index in [0.717, 1.165) is 0 Å². The second kappa shape index (κ2) is 5.33. The van der Waals surface area contributed by atoms with Gasteiger partial charge < -0.3 is 10.5 Å². The molecule has 6 nitrogen and oxygen atoms in total. The molecule has 3 rings (SSSR count). The summed E-state index contributed by atoms with van der Waals surface area (Å²) in [6.45, 7) is 0. The predicted octanol–water partition coefficient (Wildman–Crippen LogP) is 1.75. The van der Waals surface area contributed by atoms with Crippen LogP contribution in [0.15, 0.2) is 53.5 Å². The van der Waals surface area contributed by atoms with Gasteiger partial charge in [0.2, 0.25) is 0 Å². The maximum atomic E-state index is 12.5. The van der Waals surface area contributed by atoms with Crippen LogP contribution in [-0.4, -0.2) is 22.6 Å². The number of hydrogen-bond donors (Lipinski definition) is 1. The van der Waals surface area contributed by atoms with Crippen LogP contribution in [0, 0.1) is 0 Å². The lowest BCUT2D eigenvalue weighted by Crippen LogP contribution is -2.18. The molecule has 0 aliphatic heterocycles. The Kier molecular flexibility index (Phi) is 3.34. The maximum absolute atomic E-state index is 12.5. The summed E-state index contributed by atoms with van der Waals surface area (Å²) in [4.78, 5) is 28.2. The Balaban J connectivity index is 2.16. The number of carbonyl (C=O) groups excluding carboxylic acids is 1. The Morgan fingerprint density at radius 3 is 2.55 bits per heavy atom. The molecule has 0 aliphatic carbocycles. The Morgan fingerprint density at radius 2 is 1.86 bits per heavy atom. The normalized spacial score (nSPS) is 10.6. The van der Waals surface area contributed by atoms with Crippen LogP contribution >= 0.6 is 0 Å². The number of rotatable bonds is 2. The zero-order valence-electron chi connectivity index (χ0n) is 11.8. The monoisotopic (exact) mass is 295 g/mol. The lowest BCUT2D eigenvalue weighted by Gasteiger charge is -2.08. The number of nitrogens with two attached hydrogens (primary N) is 1. The third-order valence-electron chi connectivity index (χ3n) is 3.32. The van der Waals surface area contributed by atoms with Crippen LogP contribution in [0.4, 0.5) is 5.69 Å². The van der Waals surface area contributed by atoms with Crippen molar-refractivity contribution in [1.82, 2.24) is 9.55 Å². The van der Waals surface area contributed by atoms with Crippen molar-refractivity contribution in [2.75, 3.05) is 12.8 Å². The molecule has 0 bridgehead atoms. The van der Waals surface area contributed by atoms with Crippen LogP contribution in [0.3, 0.4) is 0 Å². The fourth-order valence-corrected chi connectivity index (χ4v) is 2.18. The SMILES string of the molecule is COC(=O)c1ccc2c(=O)n(-c3ccc(N)cc3)ccc2n1. The summed E-state index contributed by atoms with van der Waals surface area (Å²) >= 11 is 0. The summed E-state index contributed by atoms with van der Waals surface area (Å²) in [6.07, 6.45) is 1.62. The molecule has 0 aliphatic rings. The summed E-state index contributed by atoms with van der Waals surface area (Å²) in [7, 11) is 1.29. The highest BCUT2D eigenvalue weighted by Gasteiger charge is 2.11. The molecule has 0 saturated carbocycles. The van der Waals surface area contributed by atoms with E-state index in [0.29, 0.717) is 22.3 Å². The highest BCUT2D eigenvalue weighted by atomic mass is 16.5. The second-order valence-electron chi connectivity index (χ2n) is 4.70. The van der Waals surface area contributed by atoms with Crippen molar-refractivity contribution < 1.29 is 9.53 Å². The van der Waals surface area contributed by atoms with Crippen molar-refractivity contribution in [3.63, 3.8) is 0 Å². The molecule has 22 heavy (non-hydrogen) atoms. The molecule has 2 N–H and O–H groups in total. The number of nitrogens with zero attached hydrogens (tertiary/aromatic N) is 2. The first-order valence-corrected chi connectivity index (χ1v) is 6.57. The Morgan fingerprint density at radius 1 is 1.14 bits per heavy atom. The van der Waals surface area contributed by atoms with Gasteiger partial charge in [-0.1, -0.05) is 0 Å². The van der Waals surface area contributed by atoms with E-state index in [9.17, 15) is 9.59 Å². The number of nitrogen functional groups attached to an aromatic ring is 1. The number of fused-ring (bicyclic) bond motifs is 1. The third-order valence-corrected chi connectivity index (χ3v) is 3.32. The number of benzene rings is 1. The molecule has 0 fully saturated rings. The molecule has 2 aromatic heterocycles. The molecule has 110 valence electrons. The highest BCUT2D eigenvalue weighted by Crippen LogP contribution is 2.13. The Bertz CT molecular complexity index is 914. The first kappa shape index (κ1) is 13.8. The van der Waals surface area contributed by atoms with E-state index in [4.69, 9.17) is 5.73 Å². The second-order valence-corrected chi connectivity index (χ2v) is 4.70. The topological polar surface area (TPSA) is 87.2 Å². The molecule has 3 aromatic rings. The molecule has 0 amide bonds. The Labute approximate surface area is 125 Å². The van der Waals surface area contributed by atoms with Gasteiger partial charge in [0.15, 0.2) is 0 Å². The number of aromatic nitrogens is 2. The zero-order chi connectivity index (χ0) is 15.7. The van der Waals surface area contributed by atoms with Gasteiger partial charge in [-0.05, 0) is 42.5 Å². The van der Waals surface area contributed by atoms with Gasteiger partial charge in [-0.15, -0.1) is 0 Å². The molecule has 2 heterocycles. The van der Waals surface area contributed by atoms with Crippen molar-refractivity contribution >= 4 is 22.6 Å². The average Bonchev–Trinajstić information content (AvgIpc) is 2.55. The van der Waals surface area contributed by atoms with Gasteiger partial charge in [-0.2, -0.15) is 0 Å². The lowest BCUT2D eigenvalue weighted by molar-refractivity contribution is 0.0594. The van der Waals surface area contributed by atoms with Crippen molar-refractivity contribution in [2.24, 2.45) is 0 Å². The van der Waals surface area contributed by atoms with E-state index >= 15 is 0 Å². The van der Waals surface area contributed by atoms with E-state index in [2.05, 4.69) is 9.72 Å². The molecular weight excluding hydrogens is 282 g/mol. The molecule has 0 radical (unpaired) electrons. The van der Waals surface area contributed by atoms with Gasteiger partial charge in [0.25, 0.3) is 5.56 Å². The lowest BCUT2D eigenvalue weighted by atomic mass is 10.2. The average molecular weight is 295 g/mol. The maximum Gasteiger partial charge on any atom is 0.356 e. The summed E-state index contributed by atoms with van der Waals surface area (Å²) in [6, 6.07) is 11.7. The van der Waals surface area contributed by atoms with E-state index in [1.54, 1.807) is 42.6 Å². The largest absolute Gasteiger partial charge is 0.464 e. The number of ether oxygens (including phenoxy) is 1. The van der Waals surface area contributed by atoms with Crippen LogP contribution in [0.1, 0.15) is 10.5 Å². The number of esters is 1. The number of carbonyl (C=O) groups is 1. The number of hydrogen-bond acceptors (Lipinski definition) is 5. The van der Waals surface area contributed by atoms with Crippen molar-refractivity contribution in [2.45, 2.75) is 0 Å². The van der Waals surface area contributed by atoms with E-state index < -0.39 is 5.97 Å². The summed E-state index contributed by atoms with van der Waals surface area (Å²) < 4.78 is 6.12. The molecule has 0 saturated heterocycles. The van der Waals surface area contributed by atoms with Gasteiger partial charge in [0.05, 0.1) is 18.0 Å². The van der Waals surface area contributed by atoms with Crippen LogP contribution in [0.25, 0.3) is 16.6 Å². The molecule has 0 atom stereocenters.